The third-order valence-electron chi connectivity index (χ3n) is 4.59. The number of thiazole rings is 1. The van der Waals surface area contributed by atoms with Crippen molar-refractivity contribution in [1.82, 2.24) is 15.8 Å². The van der Waals surface area contributed by atoms with Crippen LogP contribution in [0.5, 0.6) is 0 Å². The average Bonchev–Trinajstić information content (AvgIpc) is 3.28. The number of amides is 2. The lowest BCUT2D eigenvalue weighted by Crippen LogP contribution is -2.41. The van der Waals surface area contributed by atoms with Gasteiger partial charge in [-0.1, -0.05) is 56.0 Å². The first kappa shape index (κ1) is 17.6. The van der Waals surface area contributed by atoms with Gasteiger partial charge in [0.2, 0.25) is 5.91 Å². The topological polar surface area (TPSA) is 71.1 Å². The van der Waals surface area contributed by atoms with E-state index in [4.69, 9.17) is 0 Å². The van der Waals surface area contributed by atoms with Gasteiger partial charge in [-0.15, -0.1) is 11.3 Å². The highest BCUT2D eigenvalue weighted by Crippen LogP contribution is 2.29. The molecule has 1 aromatic carbocycles. The van der Waals surface area contributed by atoms with Crippen LogP contribution in [0.4, 0.5) is 0 Å². The van der Waals surface area contributed by atoms with Gasteiger partial charge in [-0.3, -0.25) is 20.4 Å². The number of nitrogens with zero attached hydrogens (tertiary/aromatic N) is 1. The van der Waals surface area contributed by atoms with Crippen molar-refractivity contribution in [2.24, 2.45) is 5.92 Å². The van der Waals surface area contributed by atoms with Crippen molar-refractivity contribution in [2.45, 2.75) is 45.4 Å². The molecule has 1 heterocycles. The first-order valence-corrected chi connectivity index (χ1v) is 9.57. The van der Waals surface area contributed by atoms with E-state index in [-0.39, 0.29) is 11.8 Å². The molecule has 1 aromatic heterocycles. The number of benzene rings is 1. The van der Waals surface area contributed by atoms with Gasteiger partial charge in [0.05, 0.1) is 5.69 Å². The molecule has 2 amide bonds. The summed E-state index contributed by atoms with van der Waals surface area (Å²) in [4.78, 5) is 29.2. The number of nitrogens with one attached hydrogen (secondary N) is 2. The van der Waals surface area contributed by atoms with E-state index in [1.165, 1.54) is 37.0 Å². The van der Waals surface area contributed by atoms with Gasteiger partial charge in [0.1, 0.15) is 9.88 Å². The molecule has 0 aliphatic heterocycles. The van der Waals surface area contributed by atoms with E-state index in [0.29, 0.717) is 22.9 Å². The molecule has 0 bridgehead atoms. The summed E-state index contributed by atoms with van der Waals surface area (Å²) >= 11 is 1.33. The van der Waals surface area contributed by atoms with E-state index in [1.807, 2.05) is 30.3 Å². The van der Waals surface area contributed by atoms with E-state index in [1.54, 1.807) is 6.92 Å². The molecule has 1 aliphatic rings. The highest BCUT2D eigenvalue weighted by atomic mass is 32.1. The Morgan fingerprint density at radius 2 is 1.88 bits per heavy atom. The molecule has 3 rings (SSSR count). The normalized spacial score (nSPS) is 14.4. The largest absolute Gasteiger partial charge is 0.281 e. The van der Waals surface area contributed by atoms with Crippen LogP contribution in [0.3, 0.4) is 0 Å². The van der Waals surface area contributed by atoms with Crippen LogP contribution in [-0.4, -0.2) is 16.8 Å². The van der Waals surface area contributed by atoms with E-state index in [0.717, 1.165) is 17.0 Å². The Morgan fingerprint density at radius 1 is 1.16 bits per heavy atom. The van der Waals surface area contributed by atoms with Crippen LogP contribution >= 0.6 is 11.3 Å². The fourth-order valence-electron chi connectivity index (χ4n) is 3.19. The van der Waals surface area contributed by atoms with Crippen LogP contribution in [0, 0.1) is 12.8 Å². The Labute approximate surface area is 151 Å². The number of hydrazine groups is 1. The van der Waals surface area contributed by atoms with E-state index >= 15 is 0 Å². The van der Waals surface area contributed by atoms with Gasteiger partial charge in [0, 0.05) is 12.0 Å². The second-order valence-corrected chi connectivity index (χ2v) is 7.49. The lowest BCUT2D eigenvalue weighted by molar-refractivity contribution is -0.122. The van der Waals surface area contributed by atoms with E-state index < -0.39 is 0 Å². The van der Waals surface area contributed by atoms with Crippen LogP contribution in [0.2, 0.25) is 0 Å². The minimum atomic E-state index is -0.314. The zero-order valence-corrected chi connectivity index (χ0v) is 15.2. The van der Waals surface area contributed by atoms with Gasteiger partial charge in [-0.05, 0) is 19.3 Å². The van der Waals surface area contributed by atoms with Crippen LogP contribution in [0.15, 0.2) is 30.3 Å². The lowest BCUT2D eigenvalue weighted by atomic mass is 10.0. The van der Waals surface area contributed by atoms with Crippen molar-refractivity contribution >= 4 is 23.2 Å². The van der Waals surface area contributed by atoms with Gasteiger partial charge < -0.3 is 0 Å². The van der Waals surface area contributed by atoms with Gasteiger partial charge in [-0.25, -0.2) is 4.98 Å². The summed E-state index contributed by atoms with van der Waals surface area (Å²) in [5, 5.41) is 0.802. The fraction of sp³-hybridized carbons (Fsp3) is 0.421. The van der Waals surface area contributed by atoms with Crippen molar-refractivity contribution in [2.75, 3.05) is 0 Å². The summed E-state index contributed by atoms with van der Waals surface area (Å²) in [6, 6.07) is 9.75. The zero-order chi connectivity index (χ0) is 17.6. The second-order valence-electron chi connectivity index (χ2n) is 6.49. The molecule has 0 spiro atoms. The average molecular weight is 357 g/mol. The Kier molecular flexibility index (Phi) is 5.81. The summed E-state index contributed by atoms with van der Waals surface area (Å²) in [7, 11) is 0. The van der Waals surface area contributed by atoms with Gasteiger partial charge in [0.15, 0.2) is 0 Å². The molecular formula is C19H23N3O2S. The Morgan fingerprint density at radius 3 is 2.60 bits per heavy atom. The lowest BCUT2D eigenvalue weighted by Gasteiger charge is -2.09. The van der Waals surface area contributed by atoms with Gasteiger partial charge in [0.25, 0.3) is 5.91 Å². The molecule has 0 saturated heterocycles. The molecule has 1 fully saturated rings. The summed E-state index contributed by atoms with van der Waals surface area (Å²) in [6.07, 6.45) is 6.36. The van der Waals surface area contributed by atoms with Crippen molar-refractivity contribution in [3.63, 3.8) is 0 Å². The maximum absolute atomic E-state index is 12.3. The first-order valence-electron chi connectivity index (χ1n) is 8.75. The Hall–Kier alpha value is -2.21. The maximum atomic E-state index is 12.3. The summed E-state index contributed by atoms with van der Waals surface area (Å²) in [6.45, 7) is 1.81. The van der Waals surface area contributed by atoms with Gasteiger partial charge in [-0.2, -0.15) is 0 Å². The van der Waals surface area contributed by atoms with Crippen molar-refractivity contribution in [3.05, 3.63) is 40.9 Å². The number of hydrogen-bond donors (Lipinski definition) is 2. The monoisotopic (exact) mass is 357 g/mol. The molecule has 25 heavy (non-hydrogen) atoms. The quantitative estimate of drug-likeness (QED) is 0.799. The summed E-state index contributed by atoms with van der Waals surface area (Å²) in [5.74, 6) is 0.218. The summed E-state index contributed by atoms with van der Waals surface area (Å²) in [5.41, 5.74) is 6.68. The number of hydrogen-bond acceptors (Lipinski definition) is 4. The van der Waals surface area contributed by atoms with Gasteiger partial charge >= 0.3 is 0 Å². The molecule has 5 nitrogen and oxygen atoms in total. The van der Waals surface area contributed by atoms with E-state index in [2.05, 4.69) is 15.8 Å². The van der Waals surface area contributed by atoms with Crippen molar-refractivity contribution < 1.29 is 9.59 Å². The minimum Gasteiger partial charge on any atom is -0.273 e. The highest BCUT2D eigenvalue weighted by Gasteiger charge is 2.18. The standard InChI is InChI=1S/C19H23N3O2S/c1-13-17(25-19(20-13)15-9-3-2-4-10-15)18(24)22-21-16(23)12-11-14-7-5-6-8-14/h2-4,9-10,14H,5-8,11-12H2,1H3,(H,21,23)(H,22,24). The molecule has 6 heteroatoms. The number of aromatic nitrogens is 1. The van der Waals surface area contributed by atoms with Crippen LogP contribution in [0.25, 0.3) is 10.6 Å². The molecule has 2 aromatic rings. The molecule has 0 radical (unpaired) electrons. The Balaban J connectivity index is 1.52. The van der Waals surface area contributed by atoms with E-state index in [9.17, 15) is 9.59 Å². The van der Waals surface area contributed by atoms with Crippen LogP contribution in [-0.2, 0) is 4.79 Å². The second kappa shape index (κ2) is 8.25. The third-order valence-corrected chi connectivity index (χ3v) is 5.80. The Bertz CT molecular complexity index is 736. The first-order chi connectivity index (χ1) is 12.1. The smallest absolute Gasteiger partial charge is 0.273 e. The van der Waals surface area contributed by atoms with Crippen molar-refractivity contribution in [3.8, 4) is 10.6 Å². The number of aryl methyl sites for hydroxylation is 1. The predicted molar refractivity (Wildman–Crippen MR) is 99.1 cm³/mol. The predicted octanol–water partition coefficient (Wildman–Crippen LogP) is 3.85. The van der Waals surface area contributed by atoms with Crippen LogP contribution in [0.1, 0.15) is 53.9 Å². The number of carbonyl (C=O) groups excluding carboxylic acids is 2. The molecule has 1 aliphatic carbocycles. The number of rotatable bonds is 5. The molecule has 2 N–H and O–H groups in total. The SMILES string of the molecule is Cc1nc(-c2ccccc2)sc1C(=O)NNC(=O)CCC1CCCC1. The maximum Gasteiger partial charge on any atom is 0.281 e. The number of carbonyl (C=O) groups is 2. The molecule has 1 saturated carbocycles. The molecule has 0 atom stereocenters. The zero-order valence-electron chi connectivity index (χ0n) is 14.4. The fourth-order valence-corrected chi connectivity index (χ4v) is 4.16. The summed E-state index contributed by atoms with van der Waals surface area (Å²) < 4.78 is 0. The molecule has 0 unspecified atom stereocenters. The molecule has 132 valence electrons. The minimum absolute atomic E-state index is 0.134. The highest BCUT2D eigenvalue weighted by molar-refractivity contribution is 7.17. The van der Waals surface area contributed by atoms with Crippen molar-refractivity contribution in [1.29, 1.82) is 0 Å². The molecular weight excluding hydrogens is 334 g/mol. The van der Waals surface area contributed by atoms with Crippen LogP contribution < -0.4 is 10.9 Å². The third kappa shape index (κ3) is 4.66.